The number of hydrogen-bond acceptors (Lipinski definition) is 9. The number of carbonyl (C=O) groups is 2. The normalized spacial score (nSPS) is 24.3. The van der Waals surface area contributed by atoms with E-state index in [0.717, 1.165) is 131 Å². The Labute approximate surface area is 434 Å². The summed E-state index contributed by atoms with van der Waals surface area (Å²) in [6.45, 7) is 10.4. The molecule has 5 aliphatic heterocycles. The zero-order chi connectivity index (χ0) is 48.1. The predicted molar refractivity (Wildman–Crippen MR) is 292 cm³/mol. The van der Waals surface area contributed by atoms with E-state index in [9.17, 15) is 19.8 Å². The van der Waals surface area contributed by atoms with Crippen molar-refractivity contribution < 1.29 is 24.5 Å². The van der Waals surface area contributed by atoms with Gasteiger partial charge in [-0.05, 0) is 186 Å². The minimum absolute atomic E-state index is 0. The van der Waals surface area contributed by atoms with Crippen molar-refractivity contribution in [3.8, 4) is 11.5 Å². The number of aromatic amines is 2. The summed E-state index contributed by atoms with van der Waals surface area (Å²) in [6.07, 6.45) is 18.1. The molecule has 5 aromatic rings. The molecule has 1 unspecified atom stereocenters. The maximum atomic E-state index is 12.7. The smallest absolute Gasteiger partial charge is 0.241 e. The van der Waals surface area contributed by atoms with Gasteiger partial charge in [0.05, 0.1) is 39.8 Å². The molecule has 1 amide bonds. The molecule has 8 heterocycles. The molecule has 3 aromatic heterocycles. The summed E-state index contributed by atoms with van der Waals surface area (Å²) in [7, 11) is 0. The van der Waals surface area contributed by atoms with Gasteiger partial charge in [-0.15, -0.1) is 24.8 Å². The van der Waals surface area contributed by atoms with Crippen LogP contribution in [-0.4, -0.2) is 102 Å². The van der Waals surface area contributed by atoms with Crippen LogP contribution in [0.3, 0.4) is 0 Å². The highest BCUT2D eigenvalue weighted by atomic mass is 35.5. The summed E-state index contributed by atoms with van der Waals surface area (Å²) in [5.74, 6) is 1.56. The van der Waals surface area contributed by atoms with E-state index in [-0.39, 0.29) is 54.3 Å². The lowest BCUT2D eigenvalue weighted by Crippen LogP contribution is -2.76. The molecule has 3 aliphatic carbocycles. The highest BCUT2D eigenvalue weighted by molar-refractivity contribution is 5.96. The van der Waals surface area contributed by atoms with Crippen molar-refractivity contribution >= 4 is 88.6 Å². The number of likely N-dealkylation sites (tertiary alicyclic amines) is 2. The number of hydrogen-bond donors (Lipinski definition) is 5. The molecule has 5 N–H and O–H groups in total. The number of aliphatic hydroxyl groups is 1. The monoisotopic (exact) mass is 1010 g/mol. The molecule has 2 saturated carbocycles. The van der Waals surface area contributed by atoms with Crippen LogP contribution in [0.5, 0.6) is 11.5 Å². The standard InChI is InChI=1S/C20H14N4.C20H23NO4.C18H28N2O.2ClH/c1-2-14-10-16-5-6-18(23-16)12-20-8-7-19(24-20)11-17-4-3-15(22-17)9-13(1)21-14;22-13-4-3-12-9-15-20(24)6-5-14(23)18-19(20,16(12)17(13)25-18)7-8-21(15)10-11-1-2-11;1-4-5-12-20-13-7-6-11-16(20)18(21)19-17-14(2)9-8-10-15(17)3;;/h1-12,21-22H;3-4,11,15,18,22,24H,1-2,5-10H2;8-10,16H,4-7,11-13H2,1-3H3,(H,19,21);2*1H/t;15-,18+,19+,20-;;;/m.1.../s1. The molecule has 5 atom stereocenters. The largest absolute Gasteiger partial charge is 0.504 e. The number of amides is 1. The Morgan fingerprint density at radius 2 is 1.42 bits per heavy atom. The highest BCUT2D eigenvalue weighted by Gasteiger charge is 2.73. The number of phenolic OH excluding ortho intramolecular Hbond substituents is 1. The van der Waals surface area contributed by atoms with Crippen molar-refractivity contribution in [2.24, 2.45) is 5.92 Å². The van der Waals surface area contributed by atoms with E-state index in [2.05, 4.69) is 98.3 Å². The molecule has 1 spiro atoms. The van der Waals surface area contributed by atoms with Crippen molar-refractivity contribution in [2.45, 2.75) is 121 Å². The number of aryl methyl sites for hydroxylation is 2. The summed E-state index contributed by atoms with van der Waals surface area (Å²) in [6, 6.07) is 26.3. The van der Waals surface area contributed by atoms with Gasteiger partial charge >= 0.3 is 0 Å². The Morgan fingerprint density at radius 3 is 2.04 bits per heavy atom. The molecule has 14 heteroatoms. The average molecular weight is 1010 g/mol. The molecule has 0 radical (unpaired) electrons. The maximum Gasteiger partial charge on any atom is 0.241 e. The molecule has 2 aromatic carbocycles. The molecule has 13 rings (SSSR count). The minimum atomic E-state index is -0.940. The van der Waals surface area contributed by atoms with Crippen molar-refractivity contribution in [1.29, 1.82) is 0 Å². The number of carbonyl (C=O) groups excluding carboxylic acids is 2. The van der Waals surface area contributed by atoms with Crippen molar-refractivity contribution in [2.75, 3.05) is 31.5 Å². The van der Waals surface area contributed by atoms with Gasteiger partial charge in [0.1, 0.15) is 0 Å². The van der Waals surface area contributed by atoms with Gasteiger partial charge in [0.2, 0.25) is 5.91 Å². The van der Waals surface area contributed by atoms with Gasteiger partial charge in [0.15, 0.2) is 23.4 Å². The second-order valence-electron chi connectivity index (χ2n) is 20.8. The number of nitrogens with one attached hydrogen (secondary N) is 3. The number of para-hydroxylation sites is 1. The number of unbranched alkanes of at least 4 members (excludes halogenated alkanes) is 1. The number of anilines is 1. The van der Waals surface area contributed by atoms with E-state index in [1.165, 1.54) is 32.1 Å². The van der Waals surface area contributed by atoms with Crippen LogP contribution < -0.4 is 10.1 Å². The Bertz CT molecular complexity index is 2980. The summed E-state index contributed by atoms with van der Waals surface area (Å²) >= 11 is 0. The highest BCUT2D eigenvalue weighted by Crippen LogP contribution is 2.65. The molecule has 8 aliphatic rings. The first-order chi connectivity index (χ1) is 34.0. The predicted octanol–water partition coefficient (Wildman–Crippen LogP) is 10.9. The fraction of sp³-hybridized carbons (Fsp3) is 0.414. The van der Waals surface area contributed by atoms with E-state index in [4.69, 9.17) is 4.74 Å². The summed E-state index contributed by atoms with van der Waals surface area (Å²) in [4.78, 5) is 46.3. The second-order valence-corrected chi connectivity index (χ2v) is 20.8. The van der Waals surface area contributed by atoms with Crippen LogP contribution in [0, 0.1) is 19.8 Å². The van der Waals surface area contributed by atoms with Gasteiger partial charge < -0.3 is 30.2 Å². The van der Waals surface area contributed by atoms with Gasteiger partial charge in [0.25, 0.3) is 0 Å². The summed E-state index contributed by atoms with van der Waals surface area (Å²) in [5, 5.41) is 25.5. The van der Waals surface area contributed by atoms with E-state index in [1.54, 1.807) is 6.07 Å². The number of rotatable bonds is 7. The van der Waals surface area contributed by atoms with Gasteiger partial charge in [-0.1, -0.05) is 44.0 Å². The third-order valence-corrected chi connectivity index (χ3v) is 16.0. The number of fused-ring (bicyclic) bond motifs is 8. The van der Waals surface area contributed by atoms with Crippen LogP contribution in [0.4, 0.5) is 5.69 Å². The van der Waals surface area contributed by atoms with Crippen molar-refractivity contribution in [3.05, 3.63) is 124 Å². The number of phenols is 1. The molecule has 10 bridgehead atoms. The fourth-order valence-electron chi connectivity index (χ4n) is 12.3. The number of ketones is 1. The first-order valence-corrected chi connectivity index (χ1v) is 25.6. The Kier molecular flexibility index (Phi) is 14.9. The number of piperidine rings is 2. The molecular formula is C58H67Cl2N7O5. The number of aromatic hydroxyl groups is 1. The van der Waals surface area contributed by atoms with Crippen LogP contribution in [-0.2, 0) is 21.4 Å². The van der Waals surface area contributed by atoms with Crippen LogP contribution in [0.15, 0.2) is 78.9 Å². The summed E-state index contributed by atoms with van der Waals surface area (Å²) in [5.41, 5.74) is 11.6. The van der Waals surface area contributed by atoms with Gasteiger partial charge in [-0.3, -0.25) is 19.4 Å². The lowest BCUT2D eigenvalue weighted by molar-refractivity contribution is -0.188. The number of Topliss-reactive ketones (excluding diaryl/α,β-unsaturated/α-hetero) is 1. The number of ether oxygens (including phenoxy) is 1. The number of H-pyrrole nitrogens is 2. The van der Waals surface area contributed by atoms with E-state index in [1.807, 2.05) is 54.6 Å². The number of benzene rings is 2. The van der Waals surface area contributed by atoms with Gasteiger partial charge in [-0.25, -0.2) is 9.97 Å². The lowest BCUT2D eigenvalue weighted by atomic mass is 9.49. The average Bonchev–Trinajstić information content (AvgIpc) is 3.85. The quantitative estimate of drug-likeness (QED) is 0.105. The van der Waals surface area contributed by atoms with Crippen molar-refractivity contribution in [1.82, 2.24) is 29.7 Å². The Balaban J connectivity index is 0.000000132. The topological polar surface area (TPSA) is 160 Å². The van der Waals surface area contributed by atoms with Crippen LogP contribution in [0.25, 0.3) is 46.4 Å². The van der Waals surface area contributed by atoms with Crippen LogP contribution in [0.1, 0.15) is 116 Å². The van der Waals surface area contributed by atoms with Gasteiger partial charge in [0, 0.05) is 52.3 Å². The number of aromatic nitrogens is 4. The first-order valence-electron chi connectivity index (χ1n) is 25.6. The van der Waals surface area contributed by atoms with Gasteiger partial charge in [-0.2, -0.15) is 0 Å². The molecular weight excluding hydrogens is 946 g/mol. The lowest BCUT2D eigenvalue weighted by Gasteiger charge is -2.62. The van der Waals surface area contributed by atoms with E-state index < -0.39 is 17.1 Å². The fourth-order valence-corrected chi connectivity index (χ4v) is 12.3. The zero-order valence-electron chi connectivity index (χ0n) is 41.5. The first kappa shape index (κ1) is 51.2. The summed E-state index contributed by atoms with van der Waals surface area (Å²) < 4.78 is 6.04. The molecule has 12 nitrogen and oxygen atoms in total. The van der Waals surface area contributed by atoms with Crippen LogP contribution in [0.2, 0.25) is 0 Å². The Morgan fingerprint density at radius 1 is 0.792 bits per heavy atom. The number of nitrogens with zero attached hydrogens (tertiary/aromatic N) is 4. The Hall–Kier alpha value is -5.76. The maximum absolute atomic E-state index is 12.7. The van der Waals surface area contributed by atoms with Crippen LogP contribution >= 0.6 is 24.8 Å². The third-order valence-electron chi connectivity index (χ3n) is 16.0. The zero-order valence-corrected chi connectivity index (χ0v) is 43.1. The van der Waals surface area contributed by atoms with E-state index >= 15 is 0 Å². The van der Waals surface area contributed by atoms with E-state index in [0.29, 0.717) is 18.6 Å². The molecule has 72 heavy (non-hydrogen) atoms. The molecule has 2 saturated heterocycles. The van der Waals surface area contributed by atoms with Crippen molar-refractivity contribution in [3.63, 3.8) is 0 Å². The SMILES string of the molecule is C1=Cc2cc3ccc(cc4ccc(cc5nc(cc1n2)C=C5)[nH]4)[nH]3.CCCCN1CCCCC1C(=O)Nc1c(C)cccc1C.Cl.Cl.O=C1CC[C@@]2(O)[C@H]3Cc4ccc(O)c5c4[C@@]2(CCN3CC2CC2)[C@H]1O5. The minimum Gasteiger partial charge on any atom is -0.504 e. The molecule has 4 fully saturated rings. The second kappa shape index (κ2) is 21.0. The molecule has 378 valence electrons. The third kappa shape index (κ3) is 9.76. The number of halogens is 2.